The maximum absolute atomic E-state index is 2.37. The van der Waals surface area contributed by atoms with E-state index in [0.717, 1.165) is 39.7 Å². The summed E-state index contributed by atoms with van der Waals surface area (Å²) in [5, 5.41) is 0. The van der Waals surface area contributed by atoms with Crippen molar-refractivity contribution in [3.8, 4) is 11.1 Å². The van der Waals surface area contributed by atoms with Gasteiger partial charge in [0.15, 0.2) is 0 Å². The lowest BCUT2D eigenvalue weighted by atomic mass is 9.99. The van der Waals surface area contributed by atoms with Crippen molar-refractivity contribution < 1.29 is 0 Å². The van der Waals surface area contributed by atoms with Gasteiger partial charge in [0.05, 0.1) is 11.4 Å². The van der Waals surface area contributed by atoms with Crippen molar-refractivity contribution in [2.24, 2.45) is 0 Å². The Hall–Kier alpha value is -5.08. The van der Waals surface area contributed by atoms with Crippen molar-refractivity contribution in [2.45, 2.75) is 0 Å². The van der Waals surface area contributed by atoms with E-state index in [4.69, 9.17) is 0 Å². The molecule has 2 nitrogen and oxygen atoms in total. The fraction of sp³-hybridized carbons (Fsp3) is 0. The Morgan fingerprint density at radius 2 is 0.658 bits per heavy atom. The molecule has 2 heteroatoms. The van der Waals surface area contributed by atoms with Crippen LogP contribution in [0.4, 0.5) is 34.1 Å². The summed E-state index contributed by atoms with van der Waals surface area (Å²) in [5.41, 5.74) is 8.95. The van der Waals surface area contributed by atoms with E-state index in [2.05, 4.69) is 180 Å². The molecule has 182 valence electrons. The number of benzene rings is 6. The predicted molar refractivity (Wildman–Crippen MR) is 161 cm³/mol. The second-order valence-corrected chi connectivity index (χ2v) is 9.05. The zero-order valence-corrected chi connectivity index (χ0v) is 21.1. The first-order valence-electron chi connectivity index (χ1n) is 12.9. The minimum absolute atomic E-state index is 1.09. The molecule has 0 aromatic heterocycles. The molecule has 0 unspecified atom stereocenters. The fourth-order valence-corrected chi connectivity index (χ4v) is 4.94. The predicted octanol–water partition coefficient (Wildman–Crippen LogP) is 10.3. The summed E-state index contributed by atoms with van der Waals surface area (Å²) in [6.45, 7) is 0. The van der Waals surface area contributed by atoms with Crippen LogP contribution in [0.5, 0.6) is 0 Å². The van der Waals surface area contributed by atoms with E-state index in [-0.39, 0.29) is 0 Å². The Balaban J connectivity index is 1.70. The van der Waals surface area contributed by atoms with E-state index in [1.54, 1.807) is 0 Å². The molecule has 0 N–H and O–H groups in total. The molecule has 0 saturated carbocycles. The van der Waals surface area contributed by atoms with Gasteiger partial charge in [0.25, 0.3) is 0 Å². The van der Waals surface area contributed by atoms with Crippen molar-refractivity contribution in [1.29, 1.82) is 0 Å². The van der Waals surface area contributed by atoms with Gasteiger partial charge in [-0.1, -0.05) is 115 Å². The van der Waals surface area contributed by atoms with Gasteiger partial charge in [0, 0.05) is 28.3 Å². The lowest BCUT2D eigenvalue weighted by molar-refractivity contribution is 1.23. The first-order valence-corrected chi connectivity index (χ1v) is 12.9. The van der Waals surface area contributed by atoms with Crippen molar-refractivity contribution >= 4 is 34.1 Å². The van der Waals surface area contributed by atoms with Crippen molar-refractivity contribution in [2.75, 3.05) is 9.80 Å². The molecular weight excluding hydrogens is 460 g/mol. The number of para-hydroxylation sites is 5. The van der Waals surface area contributed by atoms with Crippen LogP contribution in [0.15, 0.2) is 170 Å². The van der Waals surface area contributed by atoms with Gasteiger partial charge >= 0.3 is 0 Å². The first kappa shape index (κ1) is 23.3. The lowest BCUT2D eigenvalue weighted by Crippen LogP contribution is -2.17. The second kappa shape index (κ2) is 10.9. The molecule has 6 rings (SSSR count). The number of rotatable bonds is 7. The van der Waals surface area contributed by atoms with Crippen molar-refractivity contribution in [3.05, 3.63) is 170 Å². The standard InChI is InChI=1S/C36H28N2/c1-6-17-29(18-7-1)34-27-16-28-35(37(30-19-8-2-9-20-30)31-21-10-3-11-22-31)36(34)38(32-23-12-4-13-24-32)33-25-14-5-15-26-33/h1-28H. The van der Waals surface area contributed by atoms with Crippen molar-refractivity contribution in [3.63, 3.8) is 0 Å². The van der Waals surface area contributed by atoms with Gasteiger partial charge < -0.3 is 9.80 Å². The van der Waals surface area contributed by atoms with Crippen LogP contribution in [0.3, 0.4) is 0 Å². The summed E-state index contributed by atoms with van der Waals surface area (Å²) in [6, 6.07) is 59.7. The summed E-state index contributed by atoms with van der Waals surface area (Å²) in [6.07, 6.45) is 0. The van der Waals surface area contributed by atoms with Crippen molar-refractivity contribution in [1.82, 2.24) is 0 Å². The van der Waals surface area contributed by atoms with E-state index in [1.807, 2.05) is 0 Å². The van der Waals surface area contributed by atoms with Crippen LogP contribution >= 0.6 is 0 Å². The fourth-order valence-electron chi connectivity index (χ4n) is 4.94. The molecule has 0 bridgehead atoms. The molecule has 0 heterocycles. The largest absolute Gasteiger partial charge is 0.308 e. The van der Waals surface area contributed by atoms with E-state index in [1.165, 1.54) is 5.56 Å². The average molecular weight is 489 g/mol. The van der Waals surface area contributed by atoms with Gasteiger partial charge in [0.2, 0.25) is 0 Å². The van der Waals surface area contributed by atoms with Crippen LogP contribution in [0, 0.1) is 0 Å². The van der Waals surface area contributed by atoms with Crippen LogP contribution in [0.2, 0.25) is 0 Å². The molecule has 6 aromatic rings. The molecule has 0 saturated heterocycles. The Labute approximate surface area is 224 Å². The SMILES string of the molecule is c1ccc(-c2cccc(N(c3ccccc3)c3ccccc3)c2N(c2ccccc2)c2ccccc2)cc1. The van der Waals surface area contributed by atoms with Crippen LogP contribution in [0.25, 0.3) is 11.1 Å². The minimum Gasteiger partial charge on any atom is -0.308 e. The monoisotopic (exact) mass is 488 g/mol. The quantitative estimate of drug-likeness (QED) is 0.220. The van der Waals surface area contributed by atoms with Gasteiger partial charge in [-0.25, -0.2) is 0 Å². The summed E-state index contributed by atoms with van der Waals surface area (Å²) >= 11 is 0. The van der Waals surface area contributed by atoms with Crippen LogP contribution in [-0.2, 0) is 0 Å². The summed E-state index contributed by atoms with van der Waals surface area (Å²) in [7, 11) is 0. The van der Waals surface area contributed by atoms with E-state index < -0.39 is 0 Å². The van der Waals surface area contributed by atoms with Crippen LogP contribution in [-0.4, -0.2) is 0 Å². The summed E-state index contributed by atoms with van der Waals surface area (Å²) < 4.78 is 0. The molecule has 0 fully saturated rings. The minimum atomic E-state index is 1.09. The molecule has 0 aliphatic carbocycles. The Bertz CT molecular complexity index is 1500. The van der Waals surface area contributed by atoms with E-state index >= 15 is 0 Å². The molecule has 6 aromatic carbocycles. The zero-order chi connectivity index (χ0) is 25.6. The highest BCUT2D eigenvalue weighted by Gasteiger charge is 2.25. The topological polar surface area (TPSA) is 6.48 Å². The number of nitrogens with zero attached hydrogens (tertiary/aromatic N) is 2. The molecule has 0 aliphatic heterocycles. The van der Waals surface area contributed by atoms with Gasteiger partial charge in [-0.2, -0.15) is 0 Å². The second-order valence-electron chi connectivity index (χ2n) is 9.05. The first-order chi connectivity index (χ1) is 18.9. The lowest BCUT2D eigenvalue weighted by Gasteiger charge is -2.34. The summed E-state index contributed by atoms with van der Waals surface area (Å²) in [5.74, 6) is 0. The third-order valence-electron chi connectivity index (χ3n) is 6.62. The Morgan fingerprint density at radius 1 is 0.289 bits per heavy atom. The molecule has 0 aliphatic rings. The highest BCUT2D eigenvalue weighted by Crippen LogP contribution is 2.49. The van der Waals surface area contributed by atoms with Gasteiger partial charge in [-0.3, -0.25) is 0 Å². The van der Waals surface area contributed by atoms with Crippen LogP contribution < -0.4 is 9.80 Å². The molecule has 0 radical (unpaired) electrons. The Morgan fingerprint density at radius 3 is 1.08 bits per heavy atom. The van der Waals surface area contributed by atoms with Gasteiger partial charge in [-0.15, -0.1) is 0 Å². The Kier molecular flexibility index (Phi) is 6.69. The van der Waals surface area contributed by atoms with Gasteiger partial charge in [-0.05, 0) is 60.2 Å². The molecule has 0 spiro atoms. The summed E-state index contributed by atoms with van der Waals surface area (Å²) in [4.78, 5) is 4.72. The van der Waals surface area contributed by atoms with Gasteiger partial charge in [0.1, 0.15) is 0 Å². The average Bonchev–Trinajstić information content (AvgIpc) is 3.01. The maximum atomic E-state index is 2.37. The molecule has 0 amide bonds. The van der Waals surface area contributed by atoms with Crippen LogP contribution in [0.1, 0.15) is 0 Å². The highest BCUT2D eigenvalue weighted by atomic mass is 15.2. The third kappa shape index (κ3) is 4.68. The number of hydrogen-bond acceptors (Lipinski definition) is 2. The van der Waals surface area contributed by atoms with E-state index in [0.29, 0.717) is 0 Å². The maximum Gasteiger partial charge on any atom is 0.0781 e. The molecular formula is C36H28N2. The normalized spacial score (nSPS) is 10.6. The smallest absolute Gasteiger partial charge is 0.0781 e. The van der Waals surface area contributed by atoms with E-state index in [9.17, 15) is 0 Å². The number of anilines is 6. The molecule has 0 atom stereocenters. The molecule has 38 heavy (non-hydrogen) atoms. The third-order valence-corrected chi connectivity index (χ3v) is 6.62. The number of hydrogen-bond donors (Lipinski definition) is 0. The zero-order valence-electron chi connectivity index (χ0n) is 21.1. The highest BCUT2D eigenvalue weighted by molar-refractivity contribution is 5.99.